The number of carbonyl (C=O) groups is 1. The van der Waals surface area contributed by atoms with E-state index in [1.807, 2.05) is 13.8 Å². The van der Waals surface area contributed by atoms with Crippen molar-refractivity contribution in [2.75, 3.05) is 13.7 Å². The van der Waals surface area contributed by atoms with Gasteiger partial charge in [-0.1, -0.05) is 40.5 Å². The van der Waals surface area contributed by atoms with Gasteiger partial charge in [0, 0.05) is 7.11 Å². The molecule has 0 aliphatic carbocycles. The number of hydrogen-bond acceptors (Lipinski definition) is 3. The number of rotatable bonds is 12. The first kappa shape index (κ1) is 20.4. The molecule has 0 saturated heterocycles. The molecule has 0 amide bonds. The summed E-state index contributed by atoms with van der Waals surface area (Å²) < 4.78 is 5.19. The summed E-state index contributed by atoms with van der Waals surface area (Å²) in [6, 6.07) is 0. The third-order valence-corrected chi connectivity index (χ3v) is 3.95. The normalized spacial score (nSPS) is 14.2. The van der Waals surface area contributed by atoms with E-state index in [2.05, 4.69) is 13.8 Å². The minimum absolute atomic E-state index is 0.165. The van der Waals surface area contributed by atoms with Crippen LogP contribution in [-0.2, 0) is 9.53 Å². The lowest BCUT2D eigenvalue weighted by atomic mass is 9.83. The molecular formula is C17H34O4. The van der Waals surface area contributed by atoms with Gasteiger partial charge in [-0.2, -0.15) is 0 Å². The molecule has 2 N–H and O–H groups in total. The van der Waals surface area contributed by atoms with Gasteiger partial charge in [0.2, 0.25) is 0 Å². The van der Waals surface area contributed by atoms with Crippen molar-refractivity contribution in [3.63, 3.8) is 0 Å². The van der Waals surface area contributed by atoms with Crippen LogP contribution >= 0.6 is 0 Å². The second kappa shape index (κ2) is 9.42. The molecule has 4 heteroatoms. The lowest BCUT2D eigenvalue weighted by Gasteiger charge is -2.24. The quantitative estimate of drug-likeness (QED) is 0.574. The van der Waals surface area contributed by atoms with Crippen LogP contribution in [0.5, 0.6) is 0 Å². The van der Waals surface area contributed by atoms with Crippen LogP contribution in [0.15, 0.2) is 0 Å². The van der Waals surface area contributed by atoms with Crippen LogP contribution in [0.3, 0.4) is 0 Å². The van der Waals surface area contributed by atoms with Gasteiger partial charge in [0.25, 0.3) is 0 Å². The van der Waals surface area contributed by atoms with Crippen LogP contribution in [0.1, 0.15) is 72.6 Å². The van der Waals surface area contributed by atoms with Crippen LogP contribution in [-0.4, -0.2) is 36.0 Å². The van der Waals surface area contributed by atoms with E-state index in [9.17, 15) is 9.90 Å². The molecule has 0 aliphatic rings. The smallest absolute Gasteiger partial charge is 0.303 e. The summed E-state index contributed by atoms with van der Waals surface area (Å²) in [6.45, 7) is 9.04. The largest absolute Gasteiger partial charge is 0.481 e. The molecule has 0 bridgehead atoms. The van der Waals surface area contributed by atoms with Gasteiger partial charge in [-0.3, -0.25) is 4.79 Å². The zero-order chi connectivity index (χ0) is 16.5. The highest BCUT2D eigenvalue weighted by Crippen LogP contribution is 2.28. The fraction of sp³-hybridized carbons (Fsp3) is 0.941. The van der Waals surface area contributed by atoms with Gasteiger partial charge in [0.15, 0.2) is 0 Å². The van der Waals surface area contributed by atoms with Crippen LogP contribution in [0.25, 0.3) is 0 Å². The minimum Gasteiger partial charge on any atom is -0.481 e. The molecule has 0 aliphatic heterocycles. The molecule has 0 aromatic rings. The molecule has 1 atom stereocenters. The maximum Gasteiger partial charge on any atom is 0.303 e. The van der Waals surface area contributed by atoms with E-state index in [1.165, 1.54) is 0 Å². The molecule has 0 rings (SSSR count). The summed E-state index contributed by atoms with van der Waals surface area (Å²) in [5, 5.41) is 18.8. The van der Waals surface area contributed by atoms with Gasteiger partial charge >= 0.3 is 5.97 Å². The Kier molecular flexibility index (Phi) is 9.14. The third kappa shape index (κ3) is 11.7. The second-order valence-corrected chi connectivity index (χ2v) is 7.77. The van der Waals surface area contributed by atoms with Gasteiger partial charge in [0.05, 0.1) is 19.1 Å². The monoisotopic (exact) mass is 302 g/mol. The van der Waals surface area contributed by atoms with Gasteiger partial charge < -0.3 is 14.9 Å². The molecule has 21 heavy (non-hydrogen) atoms. The van der Waals surface area contributed by atoms with E-state index in [0.717, 1.165) is 45.1 Å². The SMILES string of the molecule is COCC(C)(C)CCCC(O)CCCC(C)(C)CC(=O)O. The van der Waals surface area contributed by atoms with Gasteiger partial charge in [-0.05, 0) is 36.5 Å². The number of aliphatic hydroxyl groups excluding tert-OH is 1. The first-order chi connectivity index (χ1) is 9.58. The predicted octanol–water partition coefficient (Wildman–Crippen LogP) is 3.86. The van der Waals surface area contributed by atoms with E-state index < -0.39 is 5.97 Å². The first-order valence-electron chi connectivity index (χ1n) is 7.97. The zero-order valence-corrected chi connectivity index (χ0v) is 14.4. The van der Waals surface area contributed by atoms with Crippen molar-refractivity contribution >= 4 is 5.97 Å². The Morgan fingerprint density at radius 2 is 1.52 bits per heavy atom. The number of hydrogen-bond donors (Lipinski definition) is 2. The highest BCUT2D eigenvalue weighted by molar-refractivity contribution is 5.67. The van der Waals surface area contributed by atoms with Crippen LogP contribution < -0.4 is 0 Å². The third-order valence-electron chi connectivity index (χ3n) is 3.95. The van der Waals surface area contributed by atoms with Crippen molar-refractivity contribution in [3.8, 4) is 0 Å². The van der Waals surface area contributed by atoms with E-state index in [1.54, 1.807) is 7.11 Å². The summed E-state index contributed by atoms with van der Waals surface area (Å²) >= 11 is 0. The molecular weight excluding hydrogens is 268 g/mol. The van der Waals surface area contributed by atoms with Crippen molar-refractivity contribution in [3.05, 3.63) is 0 Å². The Morgan fingerprint density at radius 3 is 1.95 bits per heavy atom. The molecule has 4 nitrogen and oxygen atoms in total. The van der Waals surface area contributed by atoms with Crippen molar-refractivity contribution in [1.82, 2.24) is 0 Å². The Hall–Kier alpha value is -0.610. The summed E-state index contributed by atoms with van der Waals surface area (Å²) in [5.74, 6) is -0.749. The fourth-order valence-corrected chi connectivity index (χ4v) is 2.74. The van der Waals surface area contributed by atoms with Crippen LogP contribution in [0.4, 0.5) is 0 Å². The van der Waals surface area contributed by atoms with E-state index in [-0.39, 0.29) is 23.4 Å². The summed E-state index contributed by atoms with van der Waals surface area (Å²) in [7, 11) is 1.72. The van der Waals surface area contributed by atoms with Crippen molar-refractivity contribution in [2.24, 2.45) is 10.8 Å². The second-order valence-electron chi connectivity index (χ2n) is 7.77. The maximum atomic E-state index is 10.7. The first-order valence-corrected chi connectivity index (χ1v) is 7.97. The van der Waals surface area contributed by atoms with E-state index >= 15 is 0 Å². The summed E-state index contributed by atoms with van der Waals surface area (Å²) in [6.07, 6.45) is 5.24. The summed E-state index contributed by atoms with van der Waals surface area (Å²) in [4.78, 5) is 10.7. The number of carboxylic acids is 1. The van der Waals surface area contributed by atoms with Gasteiger partial charge in [-0.15, -0.1) is 0 Å². The Morgan fingerprint density at radius 1 is 1.05 bits per heavy atom. The Bertz CT molecular complexity index is 297. The Labute approximate surface area is 129 Å². The molecule has 1 unspecified atom stereocenters. The van der Waals surface area contributed by atoms with Crippen molar-refractivity contribution < 1.29 is 19.7 Å². The van der Waals surface area contributed by atoms with Gasteiger partial charge in [0.1, 0.15) is 0 Å². The van der Waals surface area contributed by atoms with Crippen LogP contribution in [0, 0.1) is 10.8 Å². The highest BCUT2D eigenvalue weighted by Gasteiger charge is 2.22. The van der Waals surface area contributed by atoms with Crippen LogP contribution in [0.2, 0.25) is 0 Å². The molecule has 0 aromatic carbocycles. The maximum absolute atomic E-state index is 10.7. The molecule has 126 valence electrons. The fourth-order valence-electron chi connectivity index (χ4n) is 2.74. The number of ether oxygens (including phenoxy) is 1. The standard InChI is InChI=1S/C17H34O4/c1-16(2,12-15(19)20)10-6-8-14(18)9-7-11-17(3,4)13-21-5/h14,18H,6-13H2,1-5H3,(H,19,20). The van der Waals surface area contributed by atoms with Crippen molar-refractivity contribution in [2.45, 2.75) is 78.7 Å². The van der Waals surface area contributed by atoms with E-state index in [0.29, 0.717) is 0 Å². The predicted molar refractivity (Wildman–Crippen MR) is 85.4 cm³/mol. The van der Waals surface area contributed by atoms with E-state index in [4.69, 9.17) is 9.84 Å². The molecule has 0 radical (unpaired) electrons. The summed E-state index contributed by atoms with van der Waals surface area (Å²) in [5.41, 5.74) is -0.0239. The number of methoxy groups -OCH3 is 1. The topological polar surface area (TPSA) is 66.8 Å². The molecule has 0 heterocycles. The molecule has 0 saturated carbocycles. The molecule has 0 aromatic heterocycles. The average Bonchev–Trinajstić information content (AvgIpc) is 2.25. The average molecular weight is 302 g/mol. The number of aliphatic hydroxyl groups is 1. The van der Waals surface area contributed by atoms with Gasteiger partial charge in [-0.25, -0.2) is 0 Å². The lowest BCUT2D eigenvalue weighted by molar-refractivity contribution is -0.139. The zero-order valence-electron chi connectivity index (χ0n) is 14.4. The minimum atomic E-state index is -0.749. The number of aliphatic carboxylic acids is 1. The highest BCUT2D eigenvalue weighted by atomic mass is 16.5. The lowest BCUT2D eigenvalue weighted by Crippen LogP contribution is -2.19. The molecule has 0 fully saturated rings. The Balaban J connectivity index is 3.81. The number of carboxylic acid groups (broad SMARTS) is 1. The van der Waals surface area contributed by atoms with Crippen molar-refractivity contribution in [1.29, 1.82) is 0 Å². The molecule has 0 spiro atoms.